The van der Waals surface area contributed by atoms with E-state index in [0.29, 0.717) is 17.4 Å². The van der Waals surface area contributed by atoms with Crippen LogP contribution in [0.25, 0.3) is 0 Å². The van der Waals surface area contributed by atoms with E-state index in [9.17, 15) is 4.79 Å². The molecule has 1 aromatic rings. The van der Waals surface area contributed by atoms with Crippen molar-refractivity contribution in [3.8, 4) is 6.07 Å². The Bertz CT molecular complexity index is 597. The molecule has 1 atom stereocenters. The number of anilines is 1. The highest BCUT2D eigenvalue weighted by molar-refractivity contribution is 9.10. The fourth-order valence-corrected chi connectivity index (χ4v) is 4.14. The van der Waals surface area contributed by atoms with Crippen molar-refractivity contribution in [3.63, 3.8) is 0 Å². The summed E-state index contributed by atoms with van der Waals surface area (Å²) in [5, 5.41) is 8.98. The molecule has 1 saturated carbocycles. The number of nitrogens with zero attached hydrogens (tertiary/aromatic N) is 2. The molecule has 1 aromatic carbocycles. The number of nitriles is 1. The van der Waals surface area contributed by atoms with Gasteiger partial charge in [0.2, 0.25) is 0 Å². The molecule has 2 aliphatic rings. The maximum absolute atomic E-state index is 11.3. The average molecular weight is 333 g/mol. The smallest absolute Gasteiger partial charge is 0.134 e. The molecule has 0 radical (unpaired) electrons. The molecule has 0 aromatic heterocycles. The summed E-state index contributed by atoms with van der Waals surface area (Å²) in [6, 6.07) is 8.52. The van der Waals surface area contributed by atoms with Crippen LogP contribution >= 0.6 is 15.9 Å². The number of rotatable bonds is 1. The summed E-state index contributed by atoms with van der Waals surface area (Å²) in [7, 11) is 0. The van der Waals surface area contributed by atoms with Crippen molar-refractivity contribution >= 4 is 27.4 Å². The molecular formula is C16H17BrN2O. The average Bonchev–Trinajstić information content (AvgIpc) is 2.37. The highest BCUT2D eigenvalue weighted by Crippen LogP contribution is 2.49. The molecule has 1 aliphatic carbocycles. The van der Waals surface area contributed by atoms with Gasteiger partial charge in [-0.05, 0) is 59.3 Å². The Morgan fingerprint density at radius 3 is 2.75 bits per heavy atom. The number of piperidine rings is 1. The lowest BCUT2D eigenvalue weighted by atomic mass is 9.61. The fraction of sp³-hybridized carbons (Fsp3) is 0.500. The van der Waals surface area contributed by atoms with E-state index in [1.54, 1.807) is 0 Å². The normalized spacial score (nSPS) is 24.4. The molecule has 0 bridgehead atoms. The van der Waals surface area contributed by atoms with Gasteiger partial charge in [-0.25, -0.2) is 0 Å². The van der Waals surface area contributed by atoms with Crippen molar-refractivity contribution in [1.29, 1.82) is 5.26 Å². The summed E-state index contributed by atoms with van der Waals surface area (Å²) in [6.07, 6.45) is 3.75. The largest absolute Gasteiger partial charge is 0.369 e. The molecule has 4 heteroatoms. The summed E-state index contributed by atoms with van der Waals surface area (Å²) in [5.74, 6) is 0.423. The second-order valence-electron chi connectivity index (χ2n) is 6.16. The lowest BCUT2D eigenvalue weighted by Gasteiger charge is -2.50. The Balaban J connectivity index is 1.77. The fourth-order valence-electron chi connectivity index (χ4n) is 3.68. The van der Waals surface area contributed by atoms with Gasteiger partial charge in [0.25, 0.3) is 0 Å². The number of hydrogen-bond donors (Lipinski definition) is 0. The van der Waals surface area contributed by atoms with Crippen molar-refractivity contribution in [2.24, 2.45) is 5.41 Å². The third kappa shape index (κ3) is 2.25. The lowest BCUT2D eigenvalue weighted by molar-refractivity contribution is -0.134. The first-order valence-electron chi connectivity index (χ1n) is 7.01. The van der Waals surface area contributed by atoms with Crippen LogP contribution in [0, 0.1) is 16.7 Å². The number of carbonyl (C=O) groups is 1. The minimum absolute atomic E-state index is 0.289. The van der Waals surface area contributed by atoms with E-state index in [4.69, 9.17) is 5.26 Å². The van der Waals surface area contributed by atoms with Crippen molar-refractivity contribution < 1.29 is 4.79 Å². The second-order valence-corrected chi connectivity index (χ2v) is 7.02. The van der Waals surface area contributed by atoms with E-state index in [0.717, 1.165) is 42.4 Å². The molecule has 0 amide bonds. The predicted octanol–water partition coefficient (Wildman–Crippen LogP) is 3.66. The Morgan fingerprint density at radius 2 is 2.20 bits per heavy atom. The highest BCUT2D eigenvalue weighted by atomic mass is 79.9. The summed E-state index contributed by atoms with van der Waals surface area (Å²) < 4.78 is 0.851. The first-order valence-corrected chi connectivity index (χ1v) is 7.80. The molecule has 3 rings (SSSR count). The molecule has 2 fully saturated rings. The minimum atomic E-state index is 0.289. The van der Waals surface area contributed by atoms with Gasteiger partial charge in [0.1, 0.15) is 11.9 Å². The van der Waals surface area contributed by atoms with Crippen LogP contribution in [0.3, 0.4) is 0 Å². The maximum Gasteiger partial charge on any atom is 0.134 e. The molecule has 20 heavy (non-hydrogen) atoms. The number of carbonyl (C=O) groups excluding carboxylic acids is 1. The zero-order valence-electron chi connectivity index (χ0n) is 11.5. The van der Waals surface area contributed by atoms with E-state index >= 15 is 0 Å². The van der Waals surface area contributed by atoms with Gasteiger partial charge in [-0.1, -0.05) is 0 Å². The van der Waals surface area contributed by atoms with E-state index in [-0.39, 0.29) is 5.41 Å². The van der Waals surface area contributed by atoms with Gasteiger partial charge in [-0.15, -0.1) is 0 Å². The third-order valence-corrected chi connectivity index (χ3v) is 5.35. The number of Topliss-reactive ketones (excluding diaryl/α,β-unsaturated/α-hetero) is 1. The number of hydrogen-bond acceptors (Lipinski definition) is 3. The highest BCUT2D eigenvalue weighted by Gasteiger charge is 2.47. The molecule has 3 nitrogen and oxygen atoms in total. The number of ketones is 1. The first-order chi connectivity index (χ1) is 9.53. The molecule has 1 saturated heterocycles. The van der Waals surface area contributed by atoms with E-state index in [2.05, 4.69) is 33.8 Å². The van der Waals surface area contributed by atoms with Crippen LogP contribution in [0.15, 0.2) is 22.7 Å². The van der Waals surface area contributed by atoms with Crippen LogP contribution in [-0.2, 0) is 4.79 Å². The van der Waals surface area contributed by atoms with Crippen LogP contribution in [0.1, 0.15) is 38.2 Å². The second kappa shape index (κ2) is 4.89. The molecule has 1 aliphatic heterocycles. The van der Waals surface area contributed by atoms with Gasteiger partial charge in [0.05, 0.1) is 5.56 Å². The van der Waals surface area contributed by atoms with Gasteiger partial charge in [0, 0.05) is 35.6 Å². The SMILES string of the molecule is CC1CC2(CCN1c1ccc(C#N)c(Br)c1)CC(=O)C2. The molecule has 1 spiro atoms. The Kier molecular flexibility index (Phi) is 3.33. The summed E-state index contributed by atoms with van der Waals surface area (Å²) in [4.78, 5) is 13.7. The van der Waals surface area contributed by atoms with Crippen LogP contribution < -0.4 is 4.90 Å². The molecular weight excluding hydrogens is 316 g/mol. The molecule has 0 N–H and O–H groups in total. The summed E-state index contributed by atoms with van der Waals surface area (Å²) in [6.45, 7) is 3.22. The van der Waals surface area contributed by atoms with Crippen LogP contribution in [-0.4, -0.2) is 18.4 Å². The van der Waals surface area contributed by atoms with Crippen molar-refractivity contribution in [2.75, 3.05) is 11.4 Å². The topological polar surface area (TPSA) is 44.1 Å². The van der Waals surface area contributed by atoms with Gasteiger partial charge in [-0.2, -0.15) is 5.26 Å². The molecule has 1 heterocycles. The lowest BCUT2D eigenvalue weighted by Crippen LogP contribution is -2.51. The van der Waals surface area contributed by atoms with Crippen LogP contribution in [0.4, 0.5) is 5.69 Å². The van der Waals surface area contributed by atoms with Crippen LogP contribution in [0.5, 0.6) is 0 Å². The van der Waals surface area contributed by atoms with Crippen molar-refractivity contribution in [2.45, 2.75) is 38.6 Å². The van der Waals surface area contributed by atoms with Crippen molar-refractivity contribution in [1.82, 2.24) is 0 Å². The number of benzene rings is 1. The zero-order chi connectivity index (χ0) is 14.3. The quantitative estimate of drug-likeness (QED) is 0.788. The Morgan fingerprint density at radius 1 is 1.45 bits per heavy atom. The van der Waals surface area contributed by atoms with E-state index < -0.39 is 0 Å². The zero-order valence-corrected chi connectivity index (χ0v) is 13.1. The van der Waals surface area contributed by atoms with E-state index in [1.165, 1.54) is 0 Å². The summed E-state index contributed by atoms with van der Waals surface area (Å²) >= 11 is 3.46. The van der Waals surface area contributed by atoms with Gasteiger partial charge in [0.15, 0.2) is 0 Å². The predicted molar refractivity (Wildman–Crippen MR) is 81.6 cm³/mol. The standard InChI is InChI=1S/C16H17BrN2O/c1-11-7-16(8-14(20)9-16)4-5-19(11)13-3-2-12(10-18)15(17)6-13/h2-3,6,11H,4-5,7-9H2,1H3. The van der Waals surface area contributed by atoms with Gasteiger partial charge in [-0.3, -0.25) is 4.79 Å². The van der Waals surface area contributed by atoms with E-state index in [1.807, 2.05) is 18.2 Å². The van der Waals surface area contributed by atoms with Gasteiger partial charge < -0.3 is 4.90 Å². The van der Waals surface area contributed by atoms with Crippen molar-refractivity contribution in [3.05, 3.63) is 28.2 Å². The molecule has 1 unspecified atom stereocenters. The first kappa shape index (κ1) is 13.6. The monoisotopic (exact) mass is 332 g/mol. The van der Waals surface area contributed by atoms with Gasteiger partial charge >= 0.3 is 0 Å². The Hall–Kier alpha value is -1.34. The van der Waals surface area contributed by atoms with Crippen LogP contribution in [0.2, 0.25) is 0 Å². The number of halogens is 1. The molecule has 104 valence electrons. The third-order valence-electron chi connectivity index (χ3n) is 4.69. The Labute approximate surface area is 127 Å². The summed E-state index contributed by atoms with van der Waals surface area (Å²) in [5.41, 5.74) is 2.11. The minimum Gasteiger partial charge on any atom is -0.369 e. The maximum atomic E-state index is 11.3.